The van der Waals surface area contributed by atoms with E-state index in [1.165, 1.54) is 12.1 Å². The molecule has 3 heteroatoms. The first-order valence-electron chi connectivity index (χ1n) is 7.87. The number of hydrogen-bond donors (Lipinski definition) is 1. The largest absolute Gasteiger partial charge is 0.507 e. The monoisotopic (exact) mass is 320 g/mol. The third-order valence-electron chi connectivity index (χ3n) is 3.46. The number of para-hydroxylation sites is 1. The van der Waals surface area contributed by atoms with E-state index in [2.05, 4.69) is 5.92 Å². The smallest absolute Gasteiger partial charge is 0.189 e. The van der Waals surface area contributed by atoms with Crippen LogP contribution in [0.4, 0.5) is 0 Å². The number of phenolic OH excluding ortho intramolecular Hbond substituents is 1. The number of aromatic hydroxyl groups is 1. The van der Waals surface area contributed by atoms with Crippen LogP contribution in [0.15, 0.2) is 54.6 Å². The summed E-state index contributed by atoms with van der Waals surface area (Å²) in [7, 11) is 0. The Balaban J connectivity index is 1.88. The highest BCUT2D eigenvalue weighted by Crippen LogP contribution is 2.18. The second kappa shape index (κ2) is 9.22. The first kappa shape index (κ1) is 17.4. The van der Waals surface area contributed by atoms with E-state index in [1.54, 1.807) is 24.3 Å². The van der Waals surface area contributed by atoms with Gasteiger partial charge in [-0.25, -0.2) is 0 Å². The van der Waals surface area contributed by atoms with Crippen molar-refractivity contribution in [1.82, 2.24) is 0 Å². The van der Waals surface area contributed by atoms with Crippen LogP contribution >= 0.6 is 0 Å². The number of benzene rings is 2. The summed E-state index contributed by atoms with van der Waals surface area (Å²) in [6.07, 6.45) is 11.0. The van der Waals surface area contributed by atoms with Crippen LogP contribution < -0.4 is 4.74 Å². The highest BCUT2D eigenvalue weighted by atomic mass is 16.5. The molecule has 0 atom stereocenters. The van der Waals surface area contributed by atoms with Crippen LogP contribution in [0.1, 0.15) is 35.2 Å². The molecule has 0 heterocycles. The van der Waals surface area contributed by atoms with E-state index in [1.807, 2.05) is 24.3 Å². The molecule has 0 saturated heterocycles. The number of terminal acetylenes is 1. The van der Waals surface area contributed by atoms with Gasteiger partial charge >= 0.3 is 0 Å². The lowest BCUT2D eigenvalue weighted by Gasteiger charge is -2.05. The van der Waals surface area contributed by atoms with Crippen molar-refractivity contribution >= 4 is 11.9 Å². The van der Waals surface area contributed by atoms with E-state index in [0.29, 0.717) is 12.2 Å². The molecule has 2 rings (SSSR count). The quantitative estimate of drug-likeness (QED) is 0.338. The molecule has 0 amide bonds. The third-order valence-corrected chi connectivity index (χ3v) is 3.46. The number of hydrogen-bond acceptors (Lipinski definition) is 3. The fraction of sp³-hybridized carbons (Fsp3) is 0.190. The van der Waals surface area contributed by atoms with Crippen LogP contribution in [0.5, 0.6) is 11.5 Å². The maximum atomic E-state index is 12.0. The Morgan fingerprint density at radius 1 is 1.12 bits per heavy atom. The number of rotatable bonds is 8. The maximum absolute atomic E-state index is 12.0. The van der Waals surface area contributed by atoms with Gasteiger partial charge in [0, 0.05) is 6.42 Å². The number of carbonyl (C=O) groups is 1. The van der Waals surface area contributed by atoms with Crippen molar-refractivity contribution in [3.63, 3.8) is 0 Å². The molecule has 0 unspecified atom stereocenters. The SMILES string of the molecule is C#CCCCCOc1ccc(/C=C/C(=O)c2ccccc2O)cc1. The van der Waals surface area contributed by atoms with E-state index in [9.17, 15) is 9.90 Å². The van der Waals surface area contributed by atoms with Crippen molar-refractivity contribution in [2.75, 3.05) is 6.61 Å². The molecule has 0 spiro atoms. The van der Waals surface area contributed by atoms with Gasteiger partial charge in [-0.15, -0.1) is 12.3 Å². The van der Waals surface area contributed by atoms with Crippen molar-refractivity contribution < 1.29 is 14.6 Å². The highest BCUT2D eigenvalue weighted by molar-refractivity contribution is 6.08. The molecule has 1 N–H and O–H groups in total. The number of allylic oxidation sites excluding steroid dienone is 1. The van der Waals surface area contributed by atoms with Crippen molar-refractivity contribution in [3.05, 3.63) is 65.7 Å². The van der Waals surface area contributed by atoms with Gasteiger partial charge in [0.05, 0.1) is 12.2 Å². The van der Waals surface area contributed by atoms with Crippen molar-refractivity contribution in [3.8, 4) is 23.8 Å². The van der Waals surface area contributed by atoms with Crippen molar-refractivity contribution in [2.24, 2.45) is 0 Å². The average molecular weight is 320 g/mol. The third kappa shape index (κ3) is 5.33. The minimum atomic E-state index is -0.234. The summed E-state index contributed by atoms with van der Waals surface area (Å²) >= 11 is 0. The Hall–Kier alpha value is -2.99. The van der Waals surface area contributed by atoms with Crippen LogP contribution in [0, 0.1) is 12.3 Å². The molecule has 0 bridgehead atoms. The van der Waals surface area contributed by atoms with Crippen LogP contribution in [0.2, 0.25) is 0 Å². The molecule has 2 aromatic carbocycles. The van der Waals surface area contributed by atoms with E-state index in [4.69, 9.17) is 11.2 Å². The summed E-state index contributed by atoms with van der Waals surface area (Å²) in [4.78, 5) is 12.0. The zero-order chi connectivity index (χ0) is 17.2. The summed E-state index contributed by atoms with van der Waals surface area (Å²) < 4.78 is 5.63. The van der Waals surface area contributed by atoms with Crippen molar-refractivity contribution in [2.45, 2.75) is 19.3 Å². The van der Waals surface area contributed by atoms with Crippen molar-refractivity contribution in [1.29, 1.82) is 0 Å². The maximum Gasteiger partial charge on any atom is 0.189 e. The second-order valence-electron chi connectivity index (χ2n) is 5.29. The Morgan fingerprint density at radius 2 is 1.88 bits per heavy atom. The molecule has 0 aliphatic carbocycles. The molecular weight excluding hydrogens is 300 g/mol. The lowest BCUT2D eigenvalue weighted by Crippen LogP contribution is -1.97. The molecule has 3 nitrogen and oxygen atoms in total. The molecular formula is C21H20O3. The number of ketones is 1. The minimum Gasteiger partial charge on any atom is -0.507 e. The average Bonchev–Trinajstić information content (AvgIpc) is 2.61. The molecule has 122 valence electrons. The Labute approximate surface area is 142 Å². The fourth-order valence-electron chi connectivity index (χ4n) is 2.14. The molecule has 24 heavy (non-hydrogen) atoms. The van der Waals surface area contributed by atoms with E-state index in [0.717, 1.165) is 30.6 Å². The summed E-state index contributed by atoms with van der Waals surface area (Å²) in [5.74, 6) is 3.15. The summed E-state index contributed by atoms with van der Waals surface area (Å²) in [5.41, 5.74) is 1.18. The van der Waals surface area contributed by atoms with Gasteiger partial charge in [-0.2, -0.15) is 0 Å². The Bertz CT molecular complexity index is 736. The lowest BCUT2D eigenvalue weighted by molar-refractivity contribution is 0.104. The first-order chi connectivity index (χ1) is 11.7. The fourth-order valence-corrected chi connectivity index (χ4v) is 2.14. The number of phenols is 1. The zero-order valence-electron chi connectivity index (χ0n) is 13.4. The van der Waals surface area contributed by atoms with Gasteiger partial charge in [0.15, 0.2) is 5.78 Å². The predicted molar refractivity (Wildman–Crippen MR) is 96.1 cm³/mol. The van der Waals surface area contributed by atoms with Gasteiger partial charge in [0.2, 0.25) is 0 Å². The molecule has 0 radical (unpaired) electrons. The standard InChI is InChI=1S/C21H20O3/c1-2-3-4-7-16-24-18-13-10-17(11-14-18)12-15-21(23)19-8-5-6-9-20(19)22/h1,5-6,8-15,22H,3-4,7,16H2/b15-12+. The van der Waals surface area contributed by atoms with Gasteiger partial charge in [-0.3, -0.25) is 4.79 Å². The summed E-state index contributed by atoms with van der Waals surface area (Å²) in [6, 6.07) is 14.0. The van der Waals surface area contributed by atoms with E-state index in [-0.39, 0.29) is 11.5 Å². The second-order valence-corrected chi connectivity index (χ2v) is 5.29. The first-order valence-corrected chi connectivity index (χ1v) is 7.87. The highest BCUT2D eigenvalue weighted by Gasteiger charge is 2.06. The predicted octanol–water partition coefficient (Wildman–Crippen LogP) is 4.47. The van der Waals surface area contributed by atoms with Crippen LogP contribution in [0.25, 0.3) is 6.08 Å². The van der Waals surface area contributed by atoms with Gasteiger partial charge in [-0.05, 0) is 48.7 Å². The lowest BCUT2D eigenvalue weighted by atomic mass is 10.1. The Kier molecular flexibility index (Phi) is 6.67. The van der Waals surface area contributed by atoms with Crippen LogP contribution in [-0.4, -0.2) is 17.5 Å². The normalized spacial score (nSPS) is 10.5. The van der Waals surface area contributed by atoms with Gasteiger partial charge in [0.1, 0.15) is 11.5 Å². The molecule has 0 saturated carbocycles. The van der Waals surface area contributed by atoms with E-state index >= 15 is 0 Å². The molecule has 0 aromatic heterocycles. The molecule has 0 aliphatic rings. The summed E-state index contributed by atoms with van der Waals surface area (Å²) in [6.45, 7) is 0.642. The molecule has 0 aliphatic heterocycles. The number of ether oxygens (including phenoxy) is 1. The zero-order valence-corrected chi connectivity index (χ0v) is 13.4. The molecule has 2 aromatic rings. The van der Waals surface area contributed by atoms with Gasteiger partial charge < -0.3 is 9.84 Å². The van der Waals surface area contributed by atoms with Crippen LogP contribution in [-0.2, 0) is 0 Å². The Morgan fingerprint density at radius 3 is 2.58 bits per heavy atom. The number of carbonyl (C=O) groups excluding carboxylic acids is 1. The van der Waals surface area contributed by atoms with Gasteiger partial charge in [0.25, 0.3) is 0 Å². The topological polar surface area (TPSA) is 46.5 Å². The minimum absolute atomic E-state index is 0.0132. The van der Waals surface area contributed by atoms with Crippen LogP contribution in [0.3, 0.4) is 0 Å². The number of unbranched alkanes of at least 4 members (excludes halogenated alkanes) is 2. The van der Waals surface area contributed by atoms with Gasteiger partial charge in [-0.1, -0.05) is 30.3 Å². The summed E-state index contributed by atoms with van der Waals surface area (Å²) in [5, 5.41) is 9.67. The molecule has 0 fully saturated rings. The van der Waals surface area contributed by atoms with E-state index < -0.39 is 0 Å².